The van der Waals surface area contributed by atoms with Gasteiger partial charge in [-0.15, -0.1) is 0 Å². The fourth-order valence-corrected chi connectivity index (χ4v) is 2.32. The lowest BCUT2D eigenvalue weighted by molar-refractivity contribution is -0.137. The zero-order chi connectivity index (χ0) is 17.3. The molecule has 5 heteroatoms. The third-order valence-corrected chi connectivity index (χ3v) is 3.89. The van der Waals surface area contributed by atoms with E-state index in [-0.39, 0.29) is 24.4 Å². The summed E-state index contributed by atoms with van der Waals surface area (Å²) in [5.74, 6) is -0.897. The summed E-state index contributed by atoms with van der Waals surface area (Å²) in [4.78, 5) is 23.9. The molecule has 0 aromatic heterocycles. The molecule has 23 heavy (non-hydrogen) atoms. The van der Waals surface area contributed by atoms with Crippen molar-refractivity contribution in [2.24, 2.45) is 5.41 Å². The molecule has 0 radical (unpaired) electrons. The van der Waals surface area contributed by atoms with Gasteiger partial charge in [-0.05, 0) is 30.2 Å². The van der Waals surface area contributed by atoms with Crippen LogP contribution in [0, 0.1) is 5.41 Å². The molecule has 1 aromatic rings. The lowest BCUT2D eigenvalue weighted by atomic mass is 9.86. The number of carbonyl (C=O) groups is 2. The Morgan fingerprint density at radius 1 is 1.22 bits per heavy atom. The van der Waals surface area contributed by atoms with Crippen molar-refractivity contribution in [3.8, 4) is 0 Å². The Morgan fingerprint density at radius 3 is 2.48 bits per heavy atom. The number of benzene rings is 1. The summed E-state index contributed by atoms with van der Waals surface area (Å²) in [6, 6.07) is 10.2. The van der Waals surface area contributed by atoms with E-state index in [4.69, 9.17) is 5.11 Å². The number of rotatable bonds is 9. The Morgan fingerprint density at radius 2 is 1.87 bits per heavy atom. The fourth-order valence-electron chi connectivity index (χ4n) is 2.32. The normalized spacial score (nSPS) is 11.1. The monoisotopic (exact) mass is 320 g/mol. The number of carboxylic acid groups (broad SMARTS) is 1. The van der Waals surface area contributed by atoms with Gasteiger partial charge in [0.15, 0.2) is 0 Å². The van der Waals surface area contributed by atoms with Crippen molar-refractivity contribution in [3.63, 3.8) is 0 Å². The third kappa shape index (κ3) is 8.24. The minimum absolute atomic E-state index is 0.0120. The Hall–Kier alpha value is -2.04. The molecule has 0 saturated carbocycles. The number of carbonyl (C=O) groups excluding carboxylic acids is 1. The predicted molar refractivity (Wildman–Crippen MR) is 91.4 cm³/mol. The molecule has 0 fully saturated rings. The lowest BCUT2D eigenvalue weighted by Crippen LogP contribution is -2.42. The Kier molecular flexibility index (Phi) is 7.59. The van der Waals surface area contributed by atoms with Crippen LogP contribution < -0.4 is 5.32 Å². The van der Waals surface area contributed by atoms with E-state index in [0.717, 1.165) is 19.3 Å². The number of nitrogens with one attached hydrogen (secondary N) is 1. The molecule has 0 saturated heterocycles. The highest BCUT2D eigenvalue weighted by molar-refractivity contribution is 5.75. The van der Waals surface area contributed by atoms with Crippen molar-refractivity contribution in [3.05, 3.63) is 35.9 Å². The van der Waals surface area contributed by atoms with Gasteiger partial charge in [-0.3, -0.25) is 4.79 Å². The van der Waals surface area contributed by atoms with E-state index in [9.17, 15) is 9.59 Å². The molecule has 0 bridgehead atoms. The SMILES string of the molecule is CN(CCC(=O)O)C(=O)NCC(C)(C)CCCc1ccccc1. The van der Waals surface area contributed by atoms with Gasteiger partial charge >= 0.3 is 12.0 Å². The fraction of sp³-hybridized carbons (Fsp3) is 0.556. The maximum Gasteiger partial charge on any atom is 0.317 e. The van der Waals surface area contributed by atoms with Gasteiger partial charge in [0.1, 0.15) is 0 Å². The van der Waals surface area contributed by atoms with Crippen LogP contribution >= 0.6 is 0 Å². The topological polar surface area (TPSA) is 69.6 Å². The van der Waals surface area contributed by atoms with Crippen LogP contribution in [0.1, 0.15) is 38.7 Å². The maximum absolute atomic E-state index is 11.9. The number of amides is 2. The van der Waals surface area contributed by atoms with Gasteiger partial charge in [-0.25, -0.2) is 4.79 Å². The molecular weight excluding hydrogens is 292 g/mol. The quantitative estimate of drug-likeness (QED) is 0.734. The Balaban J connectivity index is 2.28. The van der Waals surface area contributed by atoms with Crippen molar-refractivity contribution >= 4 is 12.0 Å². The molecule has 0 aliphatic carbocycles. The second-order valence-electron chi connectivity index (χ2n) is 6.73. The third-order valence-electron chi connectivity index (χ3n) is 3.89. The highest BCUT2D eigenvalue weighted by Gasteiger charge is 2.19. The largest absolute Gasteiger partial charge is 0.481 e. The first-order valence-corrected chi connectivity index (χ1v) is 8.05. The molecule has 0 spiro atoms. The number of hydrogen-bond acceptors (Lipinski definition) is 2. The van der Waals surface area contributed by atoms with Crippen molar-refractivity contribution in [2.75, 3.05) is 20.1 Å². The summed E-state index contributed by atoms with van der Waals surface area (Å²) in [6.45, 7) is 5.07. The minimum atomic E-state index is -0.897. The summed E-state index contributed by atoms with van der Waals surface area (Å²) >= 11 is 0. The summed E-state index contributed by atoms with van der Waals surface area (Å²) < 4.78 is 0. The zero-order valence-electron chi connectivity index (χ0n) is 14.3. The van der Waals surface area contributed by atoms with E-state index in [2.05, 4.69) is 31.3 Å². The number of aliphatic carboxylic acids is 1. The number of hydrogen-bond donors (Lipinski definition) is 2. The molecule has 1 rings (SSSR count). The lowest BCUT2D eigenvalue weighted by Gasteiger charge is -2.26. The van der Waals surface area contributed by atoms with Crippen LogP contribution in [0.2, 0.25) is 0 Å². The van der Waals surface area contributed by atoms with Gasteiger partial charge in [-0.2, -0.15) is 0 Å². The summed E-state index contributed by atoms with van der Waals surface area (Å²) in [7, 11) is 1.61. The second-order valence-corrected chi connectivity index (χ2v) is 6.73. The van der Waals surface area contributed by atoms with Gasteiger partial charge in [0, 0.05) is 20.1 Å². The highest BCUT2D eigenvalue weighted by atomic mass is 16.4. The summed E-state index contributed by atoms with van der Waals surface area (Å²) in [5, 5.41) is 11.5. The average molecular weight is 320 g/mol. The Labute approximate surface area is 138 Å². The first kappa shape index (κ1) is 19.0. The first-order valence-electron chi connectivity index (χ1n) is 8.05. The zero-order valence-corrected chi connectivity index (χ0v) is 14.3. The van der Waals surface area contributed by atoms with Crippen molar-refractivity contribution < 1.29 is 14.7 Å². The summed E-state index contributed by atoms with van der Waals surface area (Å²) in [6.07, 6.45) is 3.09. The van der Waals surface area contributed by atoms with E-state index >= 15 is 0 Å². The number of nitrogens with zero attached hydrogens (tertiary/aromatic N) is 1. The predicted octanol–water partition coefficient (Wildman–Crippen LogP) is 3.15. The van der Waals surface area contributed by atoms with Gasteiger partial charge in [0.2, 0.25) is 0 Å². The molecule has 2 N–H and O–H groups in total. The number of carboxylic acids is 1. The molecule has 128 valence electrons. The van der Waals surface area contributed by atoms with Crippen LogP contribution in [-0.2, 0) is 11.2 Å². The van der Waals surface area contributed by atoms with Crippen LogP contribution in [0.25, 0.3) is 0 Å². The molecule has 0 aliphatic heterocycles. The Bertz CT molecular complexity index is 500. The molecule has 0 heterocycles. The molecule has 1 aromatic carbocycles. The maximum atomic E-state index is 11.9. The van der Waals surface area contributed by atoms with Gasteiger partial charge in [0.25, 0.3) is 0 Å². The van der Waals surface area contributed by atoms with Crippen LogP contribution in [0.4, 0.5) is 4.79 Å². The molecule has 0 atom stereocenters. The number of aryl methyl sites for hydroxylation is 1. The second kappa shape index (κ2) is 9.18. The van der Waals surface area contributed by atoms with E-state index in [1.807, 2.05) is 18.2 Å². The summed E-state index contributed by atoms with van der Waals surface area (Å²) in [5.41, 5.74) is 1.35. The standard InChI is InChI=1S/C18H28N2O3/c1-18(2,12-7-10-15-8-5-4-6-9-15)14-19-17(23)20(3)13-11-16(21)22/h4-6,8-9H,7,10-14H2,1-3H3,(H,19,23)(H,21,22). The smallest absolute Gasteiger partial charge is 0.317 e. The number of urea groups is 1. The van der Waals surface area contributed by atoms with Crippen molar-refractivity contribution in [1.82, 2.24) is 10.2 Å². The molecule has 0 aliphatic rings. The van der Waals surface area contributed by atoms with Gasteiger partial charge in [0.05, 0.1) is 6.42 Å². The van der Waals surface area contributed by atoms with Gasteiger partial charge < -0.3 is 15.3 Å². The van der Waals surface area contributed by atoms with E-state index in [0.29, 0.717) is 6.54 Å². The van der Waals surface area contributed by atoms with Crippen LogP contribution in [0.5, 0.6) is 0 Å². The van der Waals surface area contributed by atoms with Crippen molar-refractivity contribution in [2.45, 2.75) is 39.5 Å². The molecule has 5 nitrogen and oxygen atoms in total. The van der Waals surface area contributed by atoms with E-state index < -0.39 is 5.97 Å². The minimum Gasteiger partial charge on any atom is -0.481 e. The van der Waals surface area contributed by atoms with E-state index in [1.54, 1.807) is 7.05 Å². The van der Waals surface area contributed by atoms with E-state index in [1.165, 1.54) is 10.5 Å². The highest BCUT2D eigenvalue weighted by Crippen LogP contribution is 2.22. The first-order chi connectivity index (χ1) is 10.8. The average Bonchev–Trinajstić information content (AvgIpc) is 2.51. The van der Waals surface area contributed by atoms with Crippen LogP contribution in [-0.4, -0.2) is 42.1 Å². The van der Waals surface area contributed by atoms with Crippen molar-refractivity contribution in [1.29, 1.82) is 0 Å². The molecule has 0 unspecified atom stereocenters. The van der Waals surface area contributed by atoms with Crippen LogP contribution in [0.3, 0.4) is 0 Å². The molecule has 2 amide bonds. The molecular formula is C18H28N2O3. The van der Waals surface area contributed by atoms with Crippen LogP contribution in [0.15, 0.2) is 30.3 Å². The van der Waals surface area contributed by atoms with Gasteiger partial charge in [-0.1, -0.05) is 44.2 Å².